The fraction of sp³-hybridized carbons (Fsp3) is 0.364. The zero-order valence-corrected chi connectivity index (χ0v) is 9.05. The first-order chi connectivity index (χ1) is 7.25. The van der Waals surface area contributed by atoms with E-state index in [0.717, 1.165) is 18.7 Å². The van der Waals surface area contributed by atoms with Crippen molar-refractivity contribution in [1.29, 1.82) is 0 Å². The first kappa shape index (κ1) is 10.5. The van der Waals surface area contributed by atoms with Gasteiger partial charge in [-0.25, -0.2) is 0 Å². The van der Waals surface area contributed by atoms with E-state index in [-0.39, 0.29) is 11.8 Å². The monoisotopic (exact) mass is 224 g/mol. The molecule has 1 fully saturated rings. The van der Waals surface area contributed by atoms with Crippen LogP contribution in [0.3, 0.4) is 0 Å². The Labute approximate surface area is 93.8 Å². The van der Waals surface area contributed by atoms with Crippen LogP contribution in [-0.2, 0) is 11.3 Å². The van der Waals surface area contributed by atoms with Crippen LogP contribution < -0.4 is 10.6 Å². The fourth-order valence-electron chi connectivity index (χ4n) is 1.45. The lowest BCUT2D eigenvalue weighted by molar-refractivity contribution is -0.126. The topological polar surface area (TPSA) is 41.1 Å². The van der Waals surface area contributed by atoms with Gasteiger partial charge >= 0.3 is 0 Å². The number of rotatable bonds is 3. The number of amides is 1. The molecule has 0 spiro atoms. The third-order valence-corrected chi connectivity index (χ3v) is 2.74. The maximum absolute atomic E-state index is 11.5. The van der Waals surface area contributed by atoms with Crippen molar-refractivity contribution >= 4 is 17.5 Å². The van der Waals surface area contributed by atoms with Crippen molar-refractivity contribution < 1.29 is 4.79 Å². The lowest BCUT2D eigenvalue weighted by Gasteiger charge is -2.25. The summed E-state index contributed by atoms with van der Waals surface area (Å²) in [6.07, 6.45) is 0. The highest BCUT2D eigenvalue weighted by Crippen LogP contribution is 2.10. The largest absolute Gasteiger partial charge is 0.352 e. The van der Waals surface area contributed by atoms with Crippen molar-refractivity contribution in [3.8, 4) is 0 Å². The molecule has 1 heterocycles. The van der Waals surface area contributed by atoms with Gasteiger partial charge in [0.05, 0.1) is 5.92 Å². The molecule has 2 rings (SSSR count). The zero-order chi connectivity index (χ0) is 10.7. The highest BCUT2D eigenvalue weighted by molar-refractivity contribution is 6.30. The smallest absolute Gasteiger partial charge is 0.225 e. The molecule has 1 saturated heterocycles. The first-order valence-electron chi connectivity index (χ1n) is 4.98. The molecule has 0 aliphatic carbocycles. The van der Waals surface area contributed by atoms with E-state index in [1.807, 2.05) is 24.3 Å². The summed E-state index contributed by atoms with van der Waals surface area (Å²) in [7, 11) is 0. The number of hydrogen-bond donors (Lipinski definition) is 2. The van der Waals surface area contributed by atoms with E-state index in [4.69, 9.17) is 11.6 Å². The van der Waals surface area contributed by atoms with E-state index in [2.05, 4.69) is 10.6 Å². The normalized spacial score (nSPS) is 15.8. The number of carbonyl (C=O) groups is 1. The van der Waals surface area contributed by atoms with E-state index < -0.39 is 0 Å². The van der Waals surface area contributed by atoms with Gasteiger partial charge in [0.25, 0.3) is 0 Å². The Kier molecular flexibility index (Phi) is 3.23. The van der Waals surface area contributed by atoms with Crippen molar-refractivity contribution in [2.45, 2.75) is 6.54 Å². The zero-order valence-electron chi connectivity index (χ0n) is 8.29. The fourth-order valence-corrected chi connectivity index (χ4v) is 1.67. The summed E-state index contributed by atoms with van der Waals surface area (Å²) in [5.41, 5.74) is 1.03. The van der Waals surface area contributed by atoms with Crippen molar-refractivity contribution in [3.63, 3.8) is 0 Å². The highest BCUT2D eigenvalue weighted by atomic mass is 35.5. The standard InChI is InChI=1S/C11H13ClN2O/c12-10-3-1-2-8(4-10)5-14-11(15)9-6-13-7-9/h1-4,9,13H,5-7H2,(H,14,15). The maximum atomic E-state index is 11.5. The van der Waals surface area contributed by atoms with E-state index >= 15 is 0 Å². The van der Waals surface area contributed by atoms with Gasteiger partial charge in [0.2, 0.25) is 5.91 Å². The van der Waals surface area contributed by atoms with Crippen LogP contribution in [0.15, 0.2) is 24.3 Å². The molecular weight excluding hydrogens is 212 g/mol. The molecule has 1 aromatic rings. The van der Waals surface area contributed by atoms with Gasteiger partial charge in [0.15, 0.2) is 0 Å². The Bertz CT molecular complexity index is 363. The van der Waals surface area contributed by atoms with Gasteiger partial charge in [0, 0.05) is 24.7 Å². The molecule has 1 aliphatic rings. The molecule has 3 nitrogen and oxygen atoms in total. The van der Waals surface area contributed by atoms with Gasteiger partial charge in [-0.2, -0.15) is 0 Å². The van der Waals surface area contributed by atoms with Crippen molar-refractivity contribution in [1.82, 2.24) is 10.6 Å². The second-order valence-electron chi connectivity index (χ2n) is 3.70. The molecule has 80 valence electrons. The molecule has 0 saturated carbocycles. The van der Waals surface area contributed by atoms with Crippen molar-refractivity contribution in [3.05, 3.63) is 34.9 Å². The molecule has 4 heteroatoms. The van der Waals surface area contributed by atoms with Crippen LogP contribution >= 0.6 is 11.6 Å². The van der Waals surface area contributed by atoms with Crippen LogP contribution in [0.25, 0.3) is 0 Å². The predicted molar refractivity (Wildman–Crippen MR) is 59.7 cm³/mol. The molecule has 1 aromatic carbocycles. The average molecular weight is 225 g/mol. The van der Waals surface area contributed by atoms with Crippen LogP contribution in [0, 0.1) is 5.92 Å². The molecule has 0 aromatic heterocycles. The van der Waals surface area contributed by atoms with Crippen LogP contribution in [0.5, 0.6) is 0 Å². The molecule has 2 N–H and O–H groups in total. The molecule has 0 atom stereocenters. The van der Waals surface area contributed by atoms with Crippen LogP contribution in [0.1, 0.15) is 5.56 Å². The molecule has 1 amide bonds. The second kappa shape index (κ2) is 4.64. The summed E-state index contributed by atoms with van der Waals surface area (Å²) >= 11 is 5.84. The SMILES string of the molecule is O=C(NCc1cccc(Cl)c1)C1CNC1. The van der Waals surface area contributed by atoms with Gasteiger partial charge in [-0.3, -0.25) is 4.79 Å². The highest BCUT2D eigenvalue weighted by Gasteiger charge is 2.24. The Morgan fingerprint density at radius 3 is 2.93 bits per heavy atom. The molecule has 0 radical (unpaired) electrons. The summed E-state index contributed by atoms with van der Waals surface area (Å²) < 4.78 is 0. The third-order valence-electron chi connectivity index (χ3n) is 2.51. The minimum atomic E-state index is 0.119. The van der Waals surface area contributed by atoms with E-state index in [1.54, 1.807) is 0 Å². The van der Waals surface area contributed by atoms with E-state index in [9.17, 15) is 4.79 Å². The van der Waals surface area contributed by atoms with Gasteiger partial charge in [-0.05, 0) is 17.7 Å². The Balaban J connectivity index is 1.84. The van der Waals surface area contributed by atoms with E-state index in [1.165, 1.54) is 0 Å². The summed E-state index contributed by atoms with van der Waals surface area (Å²) in [6.45, 7) is 2.14. The lowest BCUT2D eigenvalue weighted by Crippen LogP contribution is -2.50. The van der Waals surface area contributed by atoms with Crippen LogP contribution in [0.2, 0.25) is 5.02 Å². The summed E-state index contributed by atoms with van der Waals surface area (Å²) in [6, 6.07) is 7.52. The minimum Gasteiger partial charge on any atom is -0.352 e. The quantitative estimate of drug-likeness (QED) is 0.810. The Hall–Kier alpha value is -1.06. The van der Waals surface area contributed by atoms with Gasteiger partial charge in [-0.1, -0.05) is 23.7 Å². The third kappa shape index (κ3) is 2.70. The molecule has 0 bridgehead atoms. The Morgan fingerprint density at radius 2 is 2.33 bits per heavy atom. The average Bonchev–Trinajstić information content (AvgIpc) is 2.12. The second-order valence-corrected chi connectivity index (χ2v) is 4.14. The molecular formula is C11H13ClN2O. The number of hydrogen-bond acceptors (Lipinski definition) is 2. The predicted octanol–water partition coefficient (Wildman–Crippen LogP) is 1.18. The first-order valence-corrected chi connectivity index (χ1v) is 5.36. The molecule has 1 aliphatic heterocycles. The number of halogens is 1. The molecule has 15 heavy (non-hydrogen) atoms. The summed E-state index contributed by atoms with van der Waals surface area (Å²) in [5, 5.41) is 6.66. The van der Waals surface area contributed by atoms with Gasteiger partial charge < -0.3 is 10.6 Å². The summed E-state index contributed by atoms with van der Waals surface area (Å²) in [4.78, 5) is 11.5. The minimum absolute atomic E-state index is 0.119. The lowest BCUT2D eigenvalue weighted by atomic mass is 10.0. The summed E-state index contributed by atoms with van der Waals surface area (Å²) in [5.74, 6) is 0.262. The van der Waals surface area contributed by atoms with Crippen molar-refractivity contribution in [2.75, 3.05) is 13.1 Å². The number of benzene rings is 1. The Morgan fingerprint density at radius 1 is 1.53 bits per heavy atom. The maximum Gasteiger partial charge on any atom is 0.225 e. The molecule has 0 unspecified atom stereocenters. The van der Waals surface area contributed by atoms with Gasteiger partial charge in [0.1, 0.15) is 0 Å². The van der Waals surface area contributed by atoms with Gasteiger partial charge in [-0.15, -0.1) is 0 Å². The van der Waals surface area contributed by atoms with Crippen LogP contribution in [-0.4, -0.2) is 19.0 Å². The number of nitrogens with one attached hydrogen (secondary N) is 2. The van der Waals surface area contributed by atoms with Crippen LogP contribution in [0.4, 0.5) is 0 Å². The van der Waals surface area contributed by atoms with Crippen molar-refractivity contribution in [2.24, 2.45) is 5.92 Å². The number of carbonyl (C=O) groups excluding carboxylic acids is 1. The van der Waals surface area contributed by atoms with E-state index in [0.29, 0.717) is 11.6 Å².